The highest BCUT2D eigenvalue weighted by molar-refractivity contribution is 5.90. The standard InChI is InChI=1S/C28H30FN3O4/c1-20-18-35-27-26(32(20)28(33)36-19-22-5-3-2-4-6-22)16-23(15-21-7-9-24(29)10-8-21)25(30-27)17-31-11-13-34-14-12-31/h2-10,16,20H,11-15,17-19H2,1H3/t20-/m0/s1. The summed E-state index contributed by atoms with van der Waals surface area (Å²) >= 11 is 0. The molecule has 188 valence electrons. The van der Waals surface area contributed by atoms with E-state index in [1.54, 1.807) is 17.0 Å². The minimum Gasteiger partial charge on any atom is -0.474 e. The summed E-state index contributed by atoms with van der Waals surface area (Å²) in [6.45, 7) is 6.10. The zero-order valence-corrected chi connectivity index (χ0v) is 20.4. The maximum atomic E-state index is 13.5. The lowest BCUT2D eigenvalue weighted by atomic mass is 10.0. The smallest absolute Gasteiger partial charge is 0.415 e. The van der Waals surface area contributed by atoms with Crippen LogP contribution >= 0.6 is 0 Å². The molecule has 0 saturated carbocycles. The van der Waals surface area contributed by atoms with Gasteiger partial charge in [-0.25, -0.2) is 14.2 Å². The van der Waals surface area contributed by atoms with Crippen molar-refractivity contribution in [2.75, 3.05) is 37.8 Å². The van der Waals surface area contributed by atoms with Crippen molar-refractivity contribution < 1.29 is 23.4 Å². The van der Waals surface area contributed by atoms with E-state index < -0.39 is 6.09 Å². The molecule has 8 heteroatoms. The minimum absolute atomic E-state index is 0.185. The number of benzene rings is 2. The third-order valence-corrected chi connectivity index (χ3v) is 6.49. The first-order chi connectivity index (χ1) is 17.6. The Hall–Kier alpha value is -3.49. The zero-order chi connectivity index (χ0) is 24.9. The summed E-state index contributed by atoms with van der Waals surface area (Å²) in [6.07, 6.45) is 0.119. The highest BCUT2D eigenvalue weighted by atomic mass is 19.1. The number of carbonyl (C=O) groups excluding carboxylic acids is 1. The summed E-state index contributed by atoms with van der Waals surface area (Å²) in [4.78, 5) is 22.0. The highest BCUT2D eigenvalue weighted by Crippen LogP contribution is 2.36. The van der Waals surface area contributed by atoms with Crippen LogP contribution in [0.25, 0.3) is 0 Å². The van der Waals surface area contributed by atoms with Crippen molar-refractivity contribution in [1.82, 2.24) is 9.88 Å². The van der Waals surface area contributed by atoms with Crippen molar-refractivity contribution in [3.8, 4) is 5.88 Å². The topological polar surface area (TPSA) is 64.1 Å². The Morgan fingerprint density at radius 2 is 1.83 bits per heavy atom. The molecule has 0 unspecified atom stereocenters. The normalized spacial score (nSPS) is 17.8. The fourth-order valence-corrected chi connectivity index (χ4v) is 4.50. The monoisotopic (exact) mass is 491 g/mol. The molecule has 3 aromatic rings. The average Bonchev–Trinajstić information content (AvgIpc) is 2.90. The summed E-state index contributed by atoms with van der Waals surface area (Å²) in [5.41, 5.74) is 4.32. The Morgan fingerprint density at radius 1 is 1.08 bits per heavy atom. The number of nitrogens with zero attached hydrogens (tertiary/aromatic N) is 3. The third-order valence-electron chi connectivity index (χ3n) is 6.49. The molecule has 2 aliphatic rings. The van der Waals surface area contributed by atoms with E-state index in [-0.39, 0.29) is 18.5 Å². The molecule has 0 radical (unpaired) electrons. The number of carbonyl (C=O) groups is 1. The number of aromatic nitrogens is 1. The van der Waals surface area contributed by atoms with E-state index in [0.717, 1.165) is 35.5 Å². The Balaban J connectivity index is 1.45. The van der Waals surface area contributed by atoms with Gasteiger partial charge in [0, 0.05) is 19.6 Å². The van der Waals surface area contributed by atoms with Crippen molar-refractivity contribution in [3.63, 3.8) is 0 Å². The first kappa shape index (κ1) is 24.2. The van der Waals surface area contributed by atoms with Gasteiger partial charge in [0.1, 0.15) is 24.7 Å². The number of morpholine rings is 1. The van der Waals surface area contributed by atoms with E-state index in [4.69, 9.17) is 19.2 Å². The second-order valence-electron chi connectivity index (χ2n) is 9.18. The van der Waals surface area contributed by atoms with Crippen molar-refractivity contribution in [1.29, 1.82) is 0 Å². The van der Waals surface area contributed by atoms with Crippen LogP contribution in [0.15, 0.2) is 60.7 Å². The molecule has 0 bridgehead atoms. The summed E-state index contributed by atoms with van der Waals surface area (Å²) in [7, 11) is 0. The van der Waals surface area contributed by atoms with Gasteiger partial charge in [0.15, 0.2) is 0 Å². The van der Waals surface area contributed by atoms with Crippen LogP contribution in [0.5, 0.6) is 5.88 Å². The van der Waals surface area contributed by atoms with Gasteiger partial charge < -0.3 is 14.2 Å². The molecule has 2 aliphatic heterocycles. The number of fused-ring (bicyclic) bond motifs is 1. The van der Waals surface area contributed by atoms with Crippen molar-refractivity contribution >= 4 is 11.8 Å². The lowest BCUT2D eigenvalue weighted by molar-refractivity contribution is 0.0334. The number of hydrogen-bond donors (Lipinski definition) is 0. The Labute approximate surface area is 210 Å². The molecule has 0 spiro atoms. The van der Waals surface area contributed by atoms with Gasteiger partial charge in [-0.1, -0.05) is 42.5 Å². The molecule has 36 heavy (non-hydrogen) atoms. The molecule has 1 aromatic heterocycles. The van der Waals surface area contributed by atoms with E-state index in [1.165, 1.54) is 12.1 Å². The average molecular weight is 492 g/mol. The summed E-state index contributed by atoms with van der Waals surface area (Å²) in [5.74, 6) is 0.154. The Morgan fingerprint density at radius 3 is 2.58 bits per heavy atom. The van der Waals surface area contributed by atoms with Crippen LogP contribution in [-0.4, -0.2) is 54.9 Å². The second-order valence-corrected chi connectivity index (χ2v) is 9.18. The Bertz CT molecular complexity index is 1180. The highest BCUT2D eigenvalue weighted by Gasteiger charge is 2.33. The summed E-state index contributed by atoms with van der Waals surface area (Å²) in [6, 6.07) is 17.8. The quantitative estimate of drug-likeness (QED) is 0.504. The molecule has 5 rings (SSSR count). The number of halogens is 1. The molecule has 1 fully saturated rings. The minimum atomic E-state index is -0.439. The number of hydrogen-bond acceptors (Lipinski definition) is 6. The lowest BCUT2D eigenvalue weighted by Gasteiger charge is -2.35. The first-order valence-electron chi connectivity index (χ1n) is 12.3. The van der Waals surface area contributed by atoms with Crippen LogP contribution in [0.3, 0.4) is 0 Å². The van der Waals surface area contributed by atoms with E-state index in [1.807, 2.05) is 43.3 Å². The van der Waals surface area contributed by atoms with Gasteiger partial charge in [-0.15, -0.1) is 0 Å². The van der Waals surface area contributed by atoms with Gasteiger partial charge in [-0.2, -0.15) is 0 Å². The molecule has 1 atom stereocenters. The molecular weight excluding hydrogens is 461 g/mol. The van der Waals surface area contributed by atoms with Crippen LogP contribution in [0.2, 0.25) is 0 Å². The van der Waals surface area contributed by atoms with Gasteiger partial charge in [0.25, 0.3) is 0 Å². The number of rotatable bonds is 6. The van der Waals surface area contributed by atoms with Gasteiger partial charge in [0.05, 0.1) is 24.9 Å². The van der Waals surface area contributed by atoms with Gasteiger partial charge in [0.2, 0.25) is 5.88 Å². The SMILES string of the molecule is C[C@H]1COc2nc(CN3CCOCC3)c(Cc3ccc(F)cc3)cc2N1C(=O)OCc1ccccc1. The molecule has 0 aliphatic carbocycles. The lowest BCUT2D eigenvalue weighted by Crippen LogP contribution is -2.45. The molecule has 2 aromatic carbocycles. The number of amides is 1. The fourth-order valence-electron chi connectivity index (χ4n) is 4.50. The van der Waals surface area contributed by atoms with Crippen LogP contribution < -0.4 is 9.64 Å². The summed E-state index contributed by atoms with van der Waals surface area (Å²) in [5, 5.41) is 0. The van der Waals surface area contributed by atoms with E-state index in [9.17, 15) is 9.18 Å². The second kappa shape index (κ2) is 11.1. The molecule has 0 N–H and O–H groups in total. The number of ether oxygens (including phenoxy) is 3. The van der Waals surface area contributed by atoms with Crippen molar-refractivity contribution in [2.45, 2.75) is 32.5 Å². The maximum Gasteiger partial charge on any atom is 0.415 e. The largest absolute Gasteiger partial charge is 0.474 e. The van der Waals surface area contributed by atoms with Crippen molar-refractivity contribution in [2.24, 2.45) is 0 Å². The van der Waals surface area contributed by atoms with Crippen LogP contribution in [0.1, 0.15) is 29.3 Å². The van der Waals surface area contributed by atoms with Crippen molar-refractivity contribution in [3.05, 3.63) is 88.9 Å². The van der Waals surface area contributed by atoms with Crippen LogP contribution in [-0.2, 0) is 29.0 Å². The molecule has 1 saturated heterocycles. The molecule has 7 nitrogen and oxygen atoms in total. The fraction of sp³-hybridized carbons (Fsp3) is 0.357. The molecular formula is C28H30FN3O4. The molecule has 3 heterocycles. The first-order valence-corrected chi connectivity index (χ1v) is 12.3. The predicted octanol–water partition coefficient (Wildman–Crippen LogP) is 4.57. The zero-order valence-electron chi connectivity index (χ0n) is 20.4. The van der Waals surface area contributed by atoms with E-state index >= 15 is 0 Å². The molecule has 1 amide bonds. The van der Waals surface area contributed by atoms with E-state index in [2.05, 4.69) is 4.90 Å². The maximum absolute atomic E-state index is 13.5. The van der Waals surface area contributed by atoms with Crippen LogP contribution in [0.4, 0.5) is 14.9 Å². The van der Waals surface area contributed by atoms with Crippen LogP contribution in [0, 0.1) is 5.82 Å². The van der Waals surface area contributed by atoms with Gasteiger partial charge in [-0.05, 0) is 48.2 Å². The van der Waals surface area contributed by atoms with Gasteiger partial charge >= 0.3 is 6.09 Å². The van der Waals surface area contributed by atoms with E-state index in [0.29, 0.717) is 44.4 Å². The van der Waals surface area contributed by atoms with Gasteiger partial charge in [-0.3, -0.25) is 9.80 Å². The number of anilines is 1. The Kier molecular flexibility index (Phi) is 7.44. The third kappa shape index (κ3) is 5.66. The number of pyridine rings is 1. The predicted molar refractivity (Wildman–Crippen MR) is 134 cm³/mol. The summed E-state index contributed by atoms with van der Waals surface area (Å²) < 4.78 is 30.6.